The first-order valence-corrected chi connectivity index (χ1v) is 9.74. The lowest BCUT2D eigenvalue weighted by atomic mass is 9.76. The van der Waals surface area contributed by atoms with Gasteiger partial charge in [0.2, 0.25) is 5.91 Å². The monoisotopic (exact) mass is 342 g/mol. The van der Waals surface area contributed by atoms with Gasteiger partial charge in [0.25, 0.3) is 0 Å². The molecule has 1 unspecified atom stereocenters. The standard InChI is InChI=1S/C20H30N4O/c1-23-15-20(7-10-24(11-8-20)14-16-5-6-16)12-18(23)19(25)22-13-17-4-2-3-9-21-17/h2-4,9,16,18H,5-8,10-15H2,1H3,(H,22,25). The average Bonchev–Trinajstić information content (AvgIpc) is 3.39. The molecule has 1 atom stereocenters. The topological polar surface area (TPSA) is 48.5 Å². The molecule has 4 rings (SSSR count). The maximum Gasteiger partial charge on any atom is 0.237 e. The maximum absolute atomic E-state index is 12.7. The van der Waals surface area contributed by atoms with Crippen LogP contribution in [0, 0.1) is 11.3 Å². The fourth-order valence-electron chi connectivity index (χ4n) is 4.60. The summed E-state index contributed by atoms with van der Waals surface area (Å²) in [6, 6.07) is 5.82. The second-order valence-corrected chi connectivity index (χ2v) is 8.42. The molecule has 1 aliphatic carbocycles. The number of hydrogen-bond acceptors (Lipinski definition) is 4. The Bertz CT molecular complexity index is 593. The number of carbonyl (C=O) groups is 1. The van der Waals surface area contributed by atoms with Gasteiger partial charge in [-0.2, -0.15) is 0 Å². The number of rotatable bonds is 5. The van der Waals surface area contributed by atoms with E-state index in [4.69, 9.17) is 0 Å². The van der Waals surface area contributed by atoms with Crippen molar-refractivity contribution in [3.63, 3.8) is 0 Å². The normalized spacial score (nSPS) is 26.8. The van der Waals surface area contributed by atoms with Crippen molar-refractivity contribution in [1.29, 1.82) is 0 Å². The Morgan fingerprint density at radius 3 is 2.80 bits per heavy atom. The summed E-state index contributed by atoms with van der Waals surface area (Å²) in [5, 5.41) is 3.08. The quantitative estimate of drug-likeness (QED) is 0.888. The van der Waals surface area contributed by atoms with Crippen LogP contribution < -0.4 is 5.32 Å². The summed E-state index contributed by atoms with van der Waals surface area (Å²) < 4.78 is 0. The Balaban J connectivity index is 1.29. The highest BCUT2D eigenvalue weighted by Gasteiger charge is 2.46. The molecule has 1 N–H and O–H groups in total. The van der Waals surface area contributed by atoms with Crippen LogP contribution >= 0.6 is 0 Å². The summed E-state index contributed by atoms with van der Waals surface area (Å²) in [7, 11) is 2.11. The zero-order valence-corrected chi connectivity index (χ0v) is 15.3. The summed E-state index contributed by atoms with van der Waals surface area (Å²) in [5.74, 6) is 1.14. The molecule has 1 aromatic rings. The van der Waals surface area contributed by atoms with Crippen LogP contribution in [0.25, 0.3) is 0 Å². The van der Waals surface area contributed by atoms with E-state index in [2.05, 4.69) is 27.1 Å². The van der Waals surface area contributed by atoms with E-state index in [0.29, 0.717) is 12.0 Å². The predicted molar refractivity (Wildman–Crippen MR) is 97.9 cm³/mol. The fourth-order valence-corrected chi connectivity index (χ4v) is 4.60. The minimum atomic E-state index is 0.0127. The van der Waals surface area contributed by atoms with Gasteiger partial charge in [-0.25, -0.2) is 0 Å². The van der Waals surface area contributed by atoms with E-state index in [9.17, 15) is 4.79 Å². The van der Waals surface area contributed by atoms with Crippen molar-refractivity contribution in [2.24, 2.45) is 11.3 Å². The second-order valence-electron chi connectivity index (χ2n) is 8.42. The molecule has 2 aliphatic heterocycles. The Labute approximate surface area is 150 Å². The summed E-state index contributed by atoms with van der Waals surface area (Å²) in [4.78, 5) is 21.9. The summed E-state index contributed by atoms with van der Waals surface area (Å²) >= 11 is 0. The fraction of sp³-hybridized carbons (Fsp3) is 0.700. The number of likely N-dealkylation sites (N-methyl/N-ethyl adjacent to an activating group) is 1. The smallest absolute Gasteiger partial charge is 0.237 e. The Morgan fingerprint density at radius 1 is 1.32 bits per heavy atom. The third-order valence-electron chi connectivity index (χ3n) is 6.35. The molecular formula is C20H30N4O. The number of carbonyl (C=O) groups excluding carboxylic acids is 1. The molecule has 1 aromatic heterocycles. The molecule has 2 saturated heterocycles. The van der Waals surface area contributed by atoms with Crippen molar-refractivity contribution < 1.29 is 4.79 Å². The van der Waals surface area contributed by atoms with Gasteiger partial charge in [-0.1, -0.05) is 6.07 Å². The van der Waals surface area contributed by atoms with Crippen LogP contribution in [-0.4, -0.2) is 60.0 Å². The molecule has 0 bridgehead atoms. The molecule has 1 spiro atoms. The van der Waals surface area contributed by atoms with Gasteiger partial charge >= 0.3 is 0 Å². The zero-order chi connectivity index (χ0) is 17.3. The van der Waals surface area contributed by atoms with Crippen molar-refractivity contribution in [2.45, 2.75) is 44.7 Å². The van der Waals surface area contributed by atoms with Gasteiger partial charge in [0.15, 0.2) is 0 Å². The van der Waals surface area contributed by atoms with Gasteiger partial charge in [0, 0.05) is 19.3 Å². The highest BCUT2D eigenvalue weighted by molar-refractivity contribution is 5.82. The number of hydrogen-bond donors (Lipinski definition) is 1. The number of pyridine rings is 1. The second kappa shape index (κ2) is 7.04. The highest BCUT2D eigenvalue weighted by atomic mass is 16.2. The predicted octanol–water partition coefficient (Wildman–Crippen LogP) is 1.89. The third-order valence-corrected chi connectivity index (χ3v) is 6.35. The molecule has 136 valence electrons. The molecule has 3 fully saturated rings. The minimum Gasteiger partial charge on any atom is -0.349 e. The van der Waals surface area contributed by atoms with Crippen LogP contribution in [0.4, 0.5) is 0 Å². The lowest BCUT2D eigenvalue weighted by Gasteiger charge is -2.39. The number of piperidine rings is 1. The van der Waals surface area contributed by atoms with E-state index >= 15 is 0 Å². The van der Waals surface area contributed by atoms with Gasteiger partial charge in [-0.15, -0.1) is 0 Å². The van der Waals surface area contributed by atoms with Crippen molar-refractivity contribution in [3.8, 4) is 0 Å². The molecule has 3 heterocycles. The van der Waals surface area contributed by atoms with E-state index in [1.54, 1.807) is 6.20 Å². The molecule has 5 heteroatoms. The lowest BCUT2D eigenvalue weighted by Crippen LogP contribution is -2.42. The number of nitrogens with one attached hydrogen (secondary N) is 1. The summed E-state index contributed by atoms with van der Waals surface area (Å²) in [6.07, 6.45) is 8.14. The van der Waals surface area contributed by atoms with Crippen LogP contribution in [0.15, 0.2) is 24.4 Å². The highest BCUT2D eigenvalue weighted by Crippen LogP contribution is 2.43. The first kappa shape index (κ1) is 17.0. The van der Waals surface area contributed by atoms with Crippen molar-refractivity contribution in [2.75, 3.05) is 33.2 Å². The van der Waals surface area contributed by atoms with Crippen molar-refractivity contribution in [1.82, 2.24) is 20.1 Å². The van der Waals surface area contributed by atoms with Crippen LogP contribution in [0.2, 0.25) is 0 Å². The van der Waals surface area contributed by atoms with Gasteiger partial charge in [0.1, 0.15) is 0 Å². The lowest BCUT2D eigenvalue weighted by molar-refractivity contribution is -0.125. The number of aromatic nitrogens is 1. The zero-order valence-electron chi connectivity index (χ0n) is 15.3. The van der Waals surface area contributed by atoms with Gasteiger partial charge in [0.05, 0.1) is 18.3 Å². The maximum atomic E-state index is 12.7. The van der Waals surface area contributed by atoms with Gasteiger partial charge < -0.3 is 10.2 Å². The SMILES string of the molecule is CN1CC2(CCN(CC3CC3)CC2)CC1C(=O)NCc1ccccn1. The van der Waals surface area contributed by atoms with Crippen LogP contribution in [0.3, 0.4) is 0 Å². The first-order chi connectivity index (χ1) is 12.1. The largest absolute Gasteiger partial charge is 0.349 e. The Hall–Kier alpha value is -1.46. The average molecular weight is 342 g/mol. The van der Waals surface area contributed by atoms with E-state index in [1.165, 1.54) is 45.3 Å². The molecule has 25 heavy (non-hydrogen) atoms. The van der Waals surface area contributed by atoms with Crippen LogP contribution in [0.1, 0.15) is 37.8 Å². The van der Waals surface area contributed by atoms with Gasteiger partial charge in [-0.3, -0.25) is 14.7 Å². The molecule has 5 nitrogen and oxygen atoms in total. The van der Waals surface area contributed by atoms with Crippen LogP contribution in [-0.2, 0) is 11.3 Å². The van der Waals surface area contributed by atoms with E-state index in [-0.39, 0.29) is 11.9 Å². The number of likely N-dealkylation sites (tertiary alicyclic amines) is 2. The van der Waals surface area contributed by atoms with Crippen LogP contribution in [0.5, 0.6) is 0 Å². The molecule has 3 aliphatic rings. The first-order valence-electron chi connectivity index (χ1n) is 9.74. The number of nitrogens with zero attached hydrogens (tertiary/aromatic N) is 3. The van der Waals surface area contributed by atoms with Gasteiger partial charge in [-0.05, 0) is 75.7 Å². The summed E-state index contributed by atoms with van der Waals surface area (Å²) in [5.41, 5.74) is 1.27. The molecule has 1 amide bonds. The minimum absolute atomic E-state index is 0.0127. The van der Waals surface area contributed by atoms with Crippen molar-refractivity contribution in [3.05, 3.63) is 30.1 Å². The van der Waals surface area contributed by atoms with E-state index < -0.39 is 0 Å². The summed E-state index contributed by atoms with van der Waals surface area (Å²) in [6.45, 7) is 5.32. The Morgan fingerprint density at radius 2 is 2.12 bits per heavy atom. The molecule has 1 saturated carbocycles. The van der Waals surface area contributed by atoms with E-state index in [0.717, 1.165) is 24.6 Å². The number of amides is 1. The van der Waals surface area contributed by atoms with E-state index in [1.807, 2.05) is 18.2 Å². The molecule has 0 aromatic carbocycles. The Kier molecular flexibility index (Phi) is 4.78. The molecule has 0 radical (unpaired) electrons. The third kappa shape index (κ3) is 4.04. The van der Waals surface area contributed by atoms with Crippen molar-refractivity contribution >= 4 is 5.91 Å². The molecular weight excluding hydrogens is 312 g/mol.